The molecule has 0 radical (unpaired) electrons. The normalized spacial score (nSPS) is 25.2. The molecular formula is C13H22N2O3. The maximum atomic E-state index is 12.3. The number of carbonyl (C=O) groups excluding carboxylic acids is 1. The Morgan fingerprint density at radius 2 is 1.83 bits per heavy atom. The predicted octanol–water partition coefficient (Wildman–Crippen LogP) is 1.78. The second-order valence-electron chi connectivity index (χ2n) is 5.46. The van der Waals surface area contributed by atoms with Gasteiger partial charge in [0.15, 0.2) is 0 Å². The van der Waals surface area contributed by atoms with Gasteiger partial charge < -0.3 is 14.9 Å². The summed E-state index contributed by atoms with van der Waals surface area (Å²) in [6.07, 6.45) is 6.03. The highest BCUT2D eigenvalue weighted by atomic mass is 16.4. The Morgan fingerprint density at radius 3 is 2.44 bits per heavy atom. The smallest absolute Gasteiger partial charge is 0.320 e. The van der Waals surface area contributed by atoms with Gasteiger partial charge in [0.1, 0.15) is 0 Å². The van der Waals surface area contributed by atoms with Gasteiger partial charge in [-0.3, -0.25) is 4.79 Å². The van der Waals surface area contributed by atoms with Crippen LogP contribution in [0.3, 0.4) is 0 Å². The van der Waals surface area contributed by atoms with E-state index in [0.717, 1.165) is 19.3 Å². The number of amides is 2. The number of nitrogens with zero attached hydrogens (tertiary/aromatic N) is 2. The van der Waals surface area contributed by atoms with Gasteiger partial charge in [-0.2, -0.15) is 0 Å². The molecule has 0 unspecified atom stereocenters. The molecule has 1 N–H and O–H groups in total. The average molecular weight is 254 g/mol. The molecule has 0 aromatic heterocycles. The number of carboxylic acids is 1. The molecule has 5 nitrogen and oxygen atoms in total. The molecule has 1 aliphatic carbocycles. The van der Waals surface area contributed by atoms with Crippen LogP contribution >= 0.6 is 0 Å². The fourth-order valence-electron chi connectivity index (χ4n) is 3.02. The molecule has 1 heterocycles. The van der Waals surface area contributed by atoms with Gasteiger partial charge in [0.2, 0.25) is 0 Å². The quantitative estimate of drug-likeness (QED) is 0.817. The van der Waals surface area contributed by atoms with Crippen LogP contribution in [0.1, 0.15) is 38.5 Å². The first kappa shape index (κ1) is 13.2. The molecule has 102 valence electrons. The van der Waals surface area contributed by atoms with E-state index in [9.17, 15) is 9.59 Å². The summed E-state index contributed by atoms with van der Waals surface area (Å²) in [6.45, 7) is 1.06. The Labute approximate surface area is 108 Å². The van der Waals surface area contributed by atoms with Crippen molar-refractivity contribution in [2.24, 2.45) is 5.92 Å². The van der Waals surface area contributed by atoms with Crippen molar-refractivity contribution in [3.63, 3.8) is 0 Å². The van der Waals surface area contributed by atoms with E-state index < -0.39 is 5.97 Å². The summed E-state index contributed by atoms with van der Waals surface area (Å²) in [7, 11) is 1.85. The van der Waals surface area contributed by atoms with Crippen molar-refractivity contribution in [1.29, 1.82) is 0 Å². The van der Waals surface area contributed by atoms with Crippen molar-refractivity contribution < 1.29 is 14.7 Å². The third kappa shape index (κ3) is 2.76. The van der Waals surface area contributed by atoms with E-state index >= 15 is 0 Å². The molecule has 2 rings (SSSR count). The van der Waals surface area contributed by atoms with E-state index in [1.54, 1.807) is 4.90 Å². The van der Waals surface area contributed by atoms with E-state index in [-0.39, 0.29) is 11.9 Å². The van der Waals surface area contributed by atoms with Crippen LogP contribution in [-0.4, -0.2) is 53.1 Å². The maximum absolute atomic E-state index is 12.3. The molecular weight excluding hydrogens is 232 g/mol. The number of piperidine rings is 1. The van der Waals surface area contributed by atoms with E-state index in [4.69, 9.17) is 5.11 Å². The van der Waals surface area contributed by atoms with Gasteiger partial charge in [0.25, 0.3) is 0 Å². The molecule has 1 saturated heterocycles. The molecule has 1 saturated carbocycles. The Kier molecular flexibility index (Phi) is 4.09. The van der Waals surface area contributed by atoms with Gasteiger partial charge in [-0.05, 0) is 25.7 Å². The molecule has 2 fully saturated rings. The topological polar surface area (TPSA) is 60.9 Å². The Morgan fingerprint density at radius 1 is 1.17 bits per heavy atom. The van der Waals surface area contributed by atoms with Crippen LogP contribution in [0.4, 0.5) is 4.79 Å². The van der Waals surface area contributed by atoms with E-state index in [1.165, 1.54) is 12.8 Å². The molecule has 2 aliphatic rings. The summed E-state index contributed by atoms with van der Waals surface area (Å²) < 4.78 is 0. The summed E-state index contributed by atoms with van der Waals surface area (Å²) in [5.41, 5.74) is 0. The lowest BCUT2D eigenvalue weighted by Gasteiger charge is -2.35. The van der Waals surface area contributed by atoms with Crippen LogP contribution < -0.4 is 0 Å². The lowest BCUT2D eigenvalue weighted by molar-refractivity contribution is -0.143. The van der Waals surface area contributed by atoms with Gasteiger partial charge in [0.05, 0.1) is 5.92 Å². The zero-order valence-corrected chi connectivity index (χ0v) is 11.0. The Hall–Kier alpha value is -1.26. The molecule has 1 atom stereocenters. The highest BCUT2D eigenvalue weighted by Gasteiger charge is 2.32. The van der Waals surface area contributed by atoms with Crippen LogP contribution in [-0.2, 0) is 4.79 Å². The number of urea groups is 1. The summed E-state index contributed by atoms with van der Waals surface area (Å²) in [4.78, 5) is 26.8. The van der Waals surface area contributed by atoms with Crippen molar-refractivity contribution in [2.75, 3.05) is 20.1 Å². The zero-order valence-electron chi connectivity index (χ0n) is 11.0. The number of hydrogen-bond acceptors (Lipinski definition) is 2. The van der Waals surface area contributed by atoms with Gasteiger partial charge >= 0.3 is 12.0 Å². The number of rotatable bonds is 2. The van der Waals surface area contributed by atoms with Gasteiger partial charge in [0, 0.05) is 26.2 Å². The first-order valence-electron chi connectivity index (χ1n) is 6.84. The molecule has 2 amide bonds. The summed E-state index contributed by atoms with van der Waals surface area (Å²) in [5, 5.41) is 9.04. The fraction of sp³-hybridized carbons (Fsp3) is 0.846. The summed E-state index contributed by atoms with van der Waals surface area (Å²) in [5.74, 6) is -1.17. The standard InChI is InChI=1S/C13H22N2O3/c1-14(11-6-2-3-7-11)13(18)15-8-4-5-10(9-15)12(16)17/h10-11H,2-9H2,1H3,(H,16,17)/t10-/m1/s1. The fourth-order valence-corrected chi connectivity index (χ4v) is 3.02. The van der Waals surface area contributed by atoms with Crippen molar-refractivity contribution in [2.45, 2.75) is 44.6 Å². The minimum Gasteiger partial charge on any atom is -0.481 e. The van der Waals surface area contributed by atoms with E-state index in [0.29, 0.717) is 25.6 Å². The third-order valence-corrected chi connectivity index (χ3v) is 4.22. The van der Waals surface area contributed by atoms with Crippen molar-refractivity contribution in [1.82, 2.24) is 9.80 Å². The minimum absolute atomic E-state index is 0.00727. The number of likely N-dealkylation sites (tertiary alicyclic amines) is 1. The third-order valence-electron chi connectivity index (χ3n) is 4.22. The lowest BCUT2D eigenvalue weighted by Crippen LogP contribution is -2.49. The van der Waals surface area contributed by atoms with Crippen molar-refractivity contribution in [3.8, 4) is 0 Å². The number of carboxylic acid groups (broad SMARTS) is 1. The van der Waals surface area contributed by atoms with E-state index in [2.05, 4.69) is 0 Å². The maximum Gasteiger partial charge on any atom is 0.320 e. The number of hydrogen-bond donors (Lipinski definition) is 1. The van der Waals surface area contributed by atoms with Gasteiger partial charge in [-0.1, -0.05) is 12.8 Å². The largest absolute Gasteiger partial charge is 0.481 e. The van der Waals surface area contributed by atoms with Crippen molar-refractivity contribution >= 4 is 12.0 Å². The molecule has 0 aromatic rings. The van der Waals surface area contributed by atoms with Gasteiger partial charge in [-0.25, -0.2) is 4.79 Å². The highest BCUT2D eigenvalue weighted by molar-refractivity contribution is 5.76. The highest BCUT2D eigenvalue weighted by Crippen LogP contribution is 2.24. The molecule has 1 aliphatic heterocycles. The molecule has 0 aromatic carbocycles. The molecule has 0 spiro atoms. The summed E-state index contributed by atoms with van der Waals surface area (Å²) in [6, 6.07) is 0.357. The Bertz CT molecular complexity index is 326. The second kappa shape index (κ2) is 5.59. The number of aliphatic carboxylic acids is 1. The van der Waals surface area contributed by atoms with Gasteiger partial charge in [-0.15, -0.1) is 0 Å². The number of carbonyl (C=O) groups is 2. The van der Waals surface area contributed by atoms with Crippen molar-refractivity contribution in [3.05, 3.63) is 0 Å². The monoisotopic (exact) mass is 254 g/mol. The van der Waals surface area contributed by atoms with Crippen LogP contribution in [0.2, 0.25) is 0 Å². The Balaban J connectivity index is 1.93. The molecule has 18 heavy (non-hydrogen) atoms. The van der Waals surface area contributed by atoms with Crippen LogP contribution in [0, 0.1) is 5.92 Å². The average Bonchev–Trinajstić information content (AvgIpc) is 2.91. The second-order valence-corrected chi connectivity index (χ2v) is 5.46. The van der Waals surface area contributed by atoms with Crippen LogP contribution in [0.15, 0.2) is 0 Å². The van der Waals surface area contributed by atoms with Crippen LogP contribution in [0.5, 0.6) is 0 Å². The molecule has 5 heteroatoms. The minimum atomic E-state index is -0.781. The summed E-state index contributed by atoms with van der Waals surface area (Å²) >= 11 is 0. The predicted molar refractivity (Wildman–Crippen MR) is 67.3 cm³/mol. The van der Waals surface area contributed by atoms with Crippen LogP contribution in [0.25, 0.3) is 0 Å². The van der Waals surface area contributed by atoms with E-state index in [1.807, 2.05) is 11.9 Å². The first-order chi connectivity index (χ1) is 8.59. The first-order valence-corrected chi connectivity index (χ1v) is 6.84. The molecule has 0 bridgehead atoms. The zero-order chi connectivity index (χ0) is 13.1. The SMILES string of the molecule is CN(C(=O)N1CCC[C@@H](C(=O)O)C1)C1CCCC1. The lowest BCUT2D eigenvalue weighted by atomic mass is 9.98.